The summed E-state index contributed by atoms with van der Waals surface area (Å²) in [6, 6.07) is 4.80. The van der Waals surface area contributed by atoms with Crippen molar-refractivity contribution < 1.29 is 0 Å². The van der Waals surface area contributed by atoms with Crippen LogP contribution in [0.2, 0.25) is 0 Å². The number of rotatable bonds is 4. The van der Waals surface area contributed by atoms with Crippen LogP contribution in [0.1, 0.15) is 62.7 Å². The lowest BCUT2D eigenvalue weighted by molar-refractivity contribution is -0.0667. The van der Waals surface area contributed by atoms with Crippen LogP contribution in [0.5, 0.6) is 0 Å². The quantitative estimate of drug-likeness (QED) is 0.723. The first-order valence-corrected chi connectivity index (χ1v) is 11.0. The summed E-state index contributed by atoms with van der Waals surface area (Å²) in [6.07, 6.45) is 13.5. The van der Waals surface area contributed by atoms with Gasteiger partial charge in [-0.15, -0.1) is 11.3 Å². The standard InChI is InChI=1S/C21H31NS/c1-2-7-22(8-3-1)9-6-21(20-5-4-10-23-20)18-12-16-11-17(14-18)15-19(21)13-16/h4-5,10,16-19H,1-3,6-9,11-15H2. The fourth-order valence-corrected chi connectivity index (χ4v) is 8.14. The van der Waals surface area contributed by atoms with E-state index in [0.717, 1.165) is 23.7 Å². The monoisotopic (exact) mass is 329 g/mol. The van der Waals surface area contributed by atoms with Crippen LogP contribution in [0.3, 0.4) is 0 Å². The highest BCUT2D eigenvalue weighted by Gasteiger charge is 2.57. The number of piperidine rings is 1. The minimum Gasteiger partial charge on any atom is -0.303 e. The van der Waals surface area contributed by atoms with Crippen molar-refractivity contribution >= 4 is 11.3 Å². The number of hydrogen-bond donors (Lipinski definition) is 0. The van der Waals surface area contributed by atoms with Crippen molar-refractivity contribution in [2.24, 2.45) is 23.7 Å². The molecule has 126 valence electrons. The highest BCUT2D eigenvalue weighted by molar-refractivity contribution is 7.10. The Hall–Kier alpha value is -0.340. The van der Waals surface area contributed by atoms with Gasteiger partial charge in [0.25, 0.3) is 0 Å². The van der Waals surface area contributed by atoms with Crippen LogP contribution in [0.25, 0.3) is 0 Å². The van der Waals surface area contributed by atoms with Crippen LogP contribution < -0.4 is 0 Å². The maximum Gasteiger partial charge on any atom is 0.0116 e. The van der Waals surface area contributed by atoms with E-state index in [-0.39, 0.29) is 0 Å². The van der Waals surface area contributed by atoms with Gasteiger partial charge in [0.1, 0.15) is 0 Å². The molecule has 0 unspecified atom stereocenters. The summed E-state index contributed by atoms with van der Waals surface area (Å²) in [4.78, 5) is 4.53. The van der Waals surface area contributed by atoms with Gasteiger partial charge in [-0.25, -0.2) is 0 Å². The van der Waals surface area contributed by atoms with Gasteiger partial charge in [-0.3, -0.25) is 0 Å². The summed E-state index contributed by atoms with van der Waals surface area (Å²) in [6.45, 7) is 4.09. The molecule has 4 bridgehead atoms. The first kappa shape index (κ1) is 15.0. The van der Waals surface area contributed by atoms with Crippen molar-refractivity contribution in [1.29, 1.82) is 0 Å². The molecule has 1 saturated heterocycles. The Bertz CT molecular complexity index is 500. The highest BCUT2D eigenvalue weighted by atomic mass is 32.1. The van der Waals surface area contributed by atoms with E-state index >= 15 is 0 Å². The summed E-state index contributed by atoms with van der Waals surface area (Å²) in [5.74, 6) is 4.17. The molecule has 0 aromatic carbocycles. The molecule has 1 aliphatic heterocycles. The van der Waals surface area contributed by atoms with Crippen molar-refractivity contribution in [3.63, 3.8) is 0 Å². The van der Waals surface area contributed by atoms with Gasteiger partial charge in [0.2, 0.25) is 0 Å². The Morgan fingerprint density at radius 2 is 1.65 bits per heavy atom. The van der Waals surface area contributed by atoms with Crippen molar-refractivity contribution in [3.8, 4) is 0 Å². The minimum atomic E-state index is 0.555. The van der Waals surface area contributed by atoms with Crippen LogP contribution in [0.4, 0.5) is 0 Å². The molecule has 0 amide bonds. The second-order valence-corrected chi connectivity index (χ2v) is 9.92. The SMILES string of the molecule is c1csc(C2(CCN3CCCCC3)C3CC4CC(C3)CC2C4)c1. The van der Waals surface area contributed by atoms with E-state index in [4.69, 9.17) is 0 Å². The molecule has 0 radical (unpaired) electrons. The Labute approximate surface area is 145 Å². The van der Waals surface area contributed by atoms with E-state index in [1.54, 1.807) is 37.0 Å². The van der Waals surface area contributed by atoms with Gasteiger partial charge in [0.05, 0.1) is 0 Å². The molecule has 4 aliphatic carbocycles. The van der Waals surface area contributed by atoms with Crippen molar-refractivity contribution in [1.82, 2.24) is 4.90 Å². The summed E-state index contributed by atoms with van der Waals surface area (Å²) >= 11 is 2.07. The van der Waals surface area contributed by atoms with Gasteiger partial charge < -0.3 is 4.90 Å². The van der Waals surface area contributed by atoms with Crippen molar-refractivity contribution in [3.05, 3.63) is 22.4 Å². The largest absolute Gasteiger partial charge is 0.303 e. The van der Waals surface area contributed by atoms with Gasteiger partial charge in [-0.2, -0.15) is 0 Å². The molecule has 1 nitrogen and oxygen atoms in total. The van der Waals surface area contributed by atoms with Crippen LogP contribution in [-0.2, 0) is 5.41 Å². The van der Waals surface area contributed by atoms with Crippen molar-refractivity contribution in [2.45, 2.75) is 63.2 Å². The van der Waals surface area contributed by atoms with E-state index in [2.05, 4.69) is 33.7 Å². The lowest BCUT2D eigenvalue weighted by Gasteiger charge is -2.61. The van der Waals surface area contributed by atoms with E-state index in [0.29, 0.717) is 5.41 Å². The number of hydrogen-bond acceptors (Lipinski definition) is 2. The van der Waals surface area contributed by atoms with Crippen LogP contribution >= 0.6 is 11.3 Å². The Kier molecular flexibility index (Phi) is 3.82. The van der Waals surface area contributed by atoms with Crippen molar-refractivity contribution in [2.75, 3.05) is 19.6 Å². The van der Waals surface area contributed by atoms with Gasteiger partial charge in [0.15, 0.2) is 0 Å². The summed E-state index contributed by atoms with van der Waals surface area (Å²) in [5.41, 5.74) is 0.555. The Balaban J connectivity index is 1.43. The van der Waals surface area contributed by atoms with Crippen LogP contribution in [0.15, 0.2) is 17.5 Å². The molecule has 2 heterocycles. The van der Waals surface area contributed by atoms with E-state index in [9.17, 15) is 0 Å². The third-order valence-corrected chi connectivity index (χ3v) is 8.93. The lowest BCUT2D eigenvalue weighted by Crippen LogP contribution is -2.56. The first-order valence-electron chi connectivity index (χ1n) is 10.1. The van der Waals surface area contributed by atoms with Crippen LogP contribution in [-0.4, -0.2) is 24.5 Å². The highest BCUT2D eigenvalue weighted by Crippen LogP contribution is 2.64. The van der Waals surface area contributed by atoms with Gasteiger partial charge in [0, 0.05) is 10.3 Å². The van der Waals surface area contributed by atoms with Gasteiger partial charge in [-0.05, 0) is 106 Å². The predicted octanol–water partition coefficient (Wildman–Crippen LogP) is 5.32. The molecule has 0 atom stereocenters. The van der Waals surface area contributed by atoms with E-state index in [1.165, 1.54) is 45.3 Å². The zero-order chi connectivity index (χ0) is 15.3. The Morgan fingerprint density at radius 1 is 0.957 bits per heavy atom. The Morgan fingerprint density at radius 3 is 2.26 bits per heavy atom. The topological polar surface area (TPSA) is 3.24 Å². The molecule has 0 N–H and O–H groups in total. The zero-order valence-corrected chi connectivity index (χ0v) is 15.2. The van der Waals surface area contributed by atoms with Crippen LogP contribution in [0, 0.1) is 23.7 Å². The zero-order valence-electron chi connectivity index (χ0n) is 14.4. The predicted molar refractivity (Wildman–Crippen MR) is 98.0 cm³/mol. The second kappa shape index (κ2) is 5.88. The number of likely N-dealkylation sites (tertiary alicyclic amines) is 1. The molecular weight excluding hydrogens is 298 g/mol. The maximum absolute atomic E-state index is 2.78. The van der Waals surface area contributed by atoms with Gasteiger partial charge >= 0.3 is 0 Å². The van der Waals surface area contributed by atoms with E-state index < -0.39 is 0 Å². The number of nitrogens with zero attached hydrogens (tertiary/aromatic N) is 1. The fourth-order valence-electron chi connectivity index (χ4n) is 7.03. The van der Waals surface area contributed by atoms with E-state index in [1.807, 2.05) is 0 Å². The van der Waals surface area contributed by atoms with Gasteiger partial charge in [-0.1, -0.05) is 12.5 Å². The normalized spacial score (nSPS) is 43.1. The fraction of sp³-hybridized carbons (Fsp3) is 0.810. The number of thiophene rings is 1. The molecule has 1 aromatic heterocycles. The first-order chi connectivity index (χ1) is 11.3. The molecule has 5 aliphatic rings. The molecular formula is C21H31NS. The molecule has 2 heteroatoms. The third-order valence-electron chi connectivity index (χ3n) is 7.87. The molecule has 4 saturated carbocycles. The average molecular weight is 330 g/mol. The molecule has 1 aromatic rings. The maximum atomic E-state index is 2.78. The molecule has 0 spiro atoms. The third kappa shape index (κ3) is 2.43. The lowest BCUT2D eigenvalue weighted by atomic mass is 9.44. The molecule has 23 heavy (non-hydrogen) atoms. The molecule has 5 fully saturated rings. The summed E-state index contributed by atoms with van der Waals surface area (Å²) in [5, 5.41) is 2.34. The minimum absolute atomic E-state index is 0.555. The summed E-state index contributed by atoms with van der Waals surface area (Å²) < 4.78 is 0. The smallest absolute Gasteiger partial charge is 0.0116 e. The second-order valence-electron chi connectivity index (χ2n) is 8.97. The average Bonchev–Trinajstić information content (AvgIpc) is 3.10. The molecule has 6 rings (SSSR count). The summed E-state index contributed by atoms with van der Waals surface area (Å²) in [7, 11) is 0.